The molecule has 0 spiro atoms. The number of rotatable bonds is 5. The van der Waals surface area contributed by atoms with Gasteiger partial charge in [0.2, 0.25) is 5.91 Å². The Morgan fingerprint density at radius 3 is 2.43 bits per heavy atom. The molecule has 0 saturated carbocycles. The lowest BCUT2D eigenvalue weighted by molar-refractivity contribution is -0.135. The molecular weight excluding hydrogens is 335 g/mol. The molecule has 0 unspecified atom stereocenters. The number of aromatic nitrogens is 2. The van der Waals surface area contributed by atoms with E-state index in [9.17, 15) is 4.79 Å². The molecule has 2 rings (SSSR count). The Kier molecular flexibility index (Phi) is 8.31. The monoisotopic (exact) mass is 358 g/mol. The fraction of sp³-hybridized carbons (Fsp3) is 0.375. The van der Waals surface area contributed by atoms with Gasteiger partial charge in [0.1, 0.15) is 5.82 Å². The van der Waals surface area contributed by atoms with Crippen molar-refractivity contribution in [1.29, 1.82) is 0 Å². The number of carbonyl (C=O) groups excluding carboxylic acids is 1. The number of nitrogens with zero attached hydrogens (tertiary/aromatic N) is 2. The van der Waals surface area contributed by atoms with Crippen LogP contribution in [0, 0.1) is 6.92 Å². The van der Waals surface area contributed by atoms with Crippen LogP contribution in [0.5, 0.6) is 0 Å². The highest BCUT2D eigenvalue weighted by Crippen LogP contribution is 2.14. The number of benzene rings is 1. The van der Waals surface area contributed by atoms with E-state index in [1.54, 1.807) is 25.1 Å². The topological polar surface area (TPSA) is 75.0 Å². The van der Waals surface area contributed by atoms with Crippen molar-refractivity contribution in [1.82, 2.24) is 14.9 Å². The van der Waals surface area contributed by atoms with Crippen LogP contribution in [-0.2, 0) is 17.8 Å². The smallest absolute Gasteiger partial charge is 0.242 e. The maximum absolute atomic E-state index is 12.5. The average Bonchev–Trinajstić information content (AvgIpc) is 2.83. The first-order valence-electron chi connectivity index (χ1n) is 6.97. The van der Waals surface area contributed by atoms with Crippen LogP contribution >= 0.6 is 24.8 Å². The molecule has 0 saturated heterocycles. The molecule has 1 aromatic carbocycles. The lowest BCUT2D eigenvalue weighted by Crippen LogP contribution is -2.53. The van der Waals surface area contributed by atoms with Crippen LogP contribution in [0.1, 0.15) is 24.0 Å². The Hall–Kier alpha value is -1.56. The second kappa shape index (κ2) is 8.91. The molecule has 0 aliphatic carbocycles. The van der Waals surface area contributed by atoms with Gasteiger partial charge in [-0.3, -0.25) is 4.79 Å². The van der Waals surface area contributed by atoms with Crippen molar-refractivity contribution < 1.29 is 4.79 Å². The third kappa shape index (κ3) is 5.86. The van der Waals surface area contributed by atoms with E-state index in [1.165, 1.54) is 0 Å². The number of nitrogens with two attached hydrogens (primary N) is 1. The lowest BCUT2D eigenvalue weighted by Gasteiger charge is -2.29. The molecule has 0 aliphatic rings. The molecule has 0 bridgehead atoms. The maximum Gasteiger partial charge on any atom is 0.242 e. The third-order valence-electron chi connectivity index (χ3n) is 3.39. The molecule has 2 aromatic rings. The summed E-state index contributed by atoms with van der Waals surface area (Å²) in [6, 6.07) is 9.81. The molecule has 1 aromatic heterocycles. The molecule has 0 fully saturated rings. The number of hydrogen-bond acceptors (Lipinski definition) is 3. The van der Waals surface area contributed by atoms with E-state index < -0.39 is 5.54 Å². The van der Waals surface area contributed by atoms with Gasteiger partial charge >= 0.3 is 0 Å². The minimum Gasteiger partial charge on any atom is -0.345 e. The van der Waals surface area contributed by atoms with Gasteiger partial charge in [-0.2, -0.15) is 0 Å². The molecule has 0 aliphatic heterocycles. The van der Waals surface area contributed by atoms with Crippen molar-refractivity contribution in [2.45, 2.75) is 32.4 Å². The van der Waals surface area contributed by atoms with Gasteiger partial charge in [-0.25, -0.2) is 4.98 Å². The minimum atomic E-state index is -0.933. The van der Waals surface area contributed by atoms with Gasteiger partial charge in [0.25, 0.3) is 0 Å². The standard InChI is InChI=1S/C16H22N4O.2ClH/c1-12-10-18-14(19-12)11-20(3)15(21)16(2,17)9-13-7-5-4-6-8-13;;/h4-8,10H,9,11,17H2,1-3H3,(H,18,19);2*1H/t16-;;/m0../s1. The van der Waals surface area contributed by atoms with Crippen LogP contribution < -0.4 is 5.73 Å². The van der Waals surface area contributed by atoms with Crippen molar-refractivity contribution >= 4 is 30.7 Å². The van der Waals surface area contributed by atoms with Crippen LogP contribution in [0.2, 0.25) is 0 Å². The summed E-state index contributed by atoms with van der Waals surface area (Å²) in [5.41, 5.74) is 7.33. The zero-order valence-corrected chi connectivity index (χ0v) is 15.2. The number of likely N-dealkylation sites (N-methyl/N-ethyl adjacent to an activating group) is 1. The summed E-state index contributed by atoms with van der Waals surface area (Å²) in [4.78, 5) is 21.5. The number of hydrogen-bond donors (Lipinski definition) is 2. The van der Waals surface area contributed by atoms with E-state index in [2.05, 4.69) is 9.97 Å². The van der Waals surface area contributed by atoms with Crippen LogP contribution in [0.3, 0.4) is 0 Å². The van der Waals surface area contributed by atoms with E-state index in [1.807, 2.05) is 37.3 Å². The van der Waals surface area contributed by atoms with Gasteiger partial charge < -0.3 is 15.6 Å². The number of nitrogens with one attached hydrogen (secondary N) is 1. The first kappa shape index (κ1) is 21.4. The fourth-order valence-electron chi connectivity index (χ4n) is 2.38. The van der Waals surface area contributed by atoms with Gasteiger partial charge in [-0.05, 0) is 25.8 Å². The Morgan fingerprint density at radius 1 is 1.30 bits per heavy atom. The molecule has 1 amide bonds. The number of halogens is 2. The Morgan fingerprint density at radius 2 is 1.91 bits per heavy atom. The van der Waals surface area contributed by atoms with E-state index >= 15 is 0 Å². The van der Waals surface area contributed by atoms with E-state index in [4.69, 9.17) is 5.73 Å². The zero-order valence-electron chi connectivity index (χ0n) is 13.6. The van der Waals surface area contributed by atoms with Gasteiger partial charge in [-0.1, -0.05) is 30.3 Å². The number of imidazole rings is 1. The fourth-order valence-corrected chi connectivity index (χ4v) is 2.38. The first-order chi connectivity index (χ1) is 9.88. The summed E-state index contributed by atoms with van der Waals surface area (Å²) in [7, 11) is 1.75. The van der Waals surface area contributed by atoms with Gasteiger partial charge in [-0.15, -0.1) is 24.8 Å². The number of aryl methyl sites for hydroxylation is 1. The average molecular weight is 359 g/mol. The zero-order chi connectivity index (χ0) is 15.5. The molecule has 23 heavy (non-hydrogen) atoms. The summed E-state index contributed by atoms with van der Waals surface area (Å²) >= 11 is 0. The van der Waals surface area contributed by atoms with Crippen LogP contribution in [0.15, 0.2) is 36.5 Å². The van der Waals surface area contributed by atoms with E-state index in [0.717, 1.165) is 17.1 Å². The SMILES string of the molecule is Cc1cnc(CN(C)C(=O)[C@@](C)(N)Cc2ccccc2)[nH]1.Cl.Cl. The molecule has 3 N–H and O–H groups in total. The molecule has 0 radical (unpaired) electrons. The second-order valence-electron chi connectivity index (χ2n) is 5.75. The van der Waals surface area contributed by atoms with Crippen molar-refractivity contribution in [3.05, 3.63) is 53.6 Å². The van der Waals surface area contributed by atoms with Crippen molar-refractivity contribution in [3.63, 3.8) is 0 Å². The third-order valence-corrected chi connectivity index (χ3v) is 3.39. The molecule has 5 nitrogen and oxygen atoms in total. The quantitative estimate of drug-likeness (QED) is 0.861. The minimum absolute atomic E-state index is 0. The highest BCUT2D eigenvalue weighted by atomic mass is 35.5. The number of aromatic amines is 1. The Bertz CT molecular complexity index is 614. The normalized spacial score (nSPS) is 12.5. The van der Waals surface area contributed by atoms with Crippen LogP contribution in [-0.4, -0.2) is 33.4 Å². The summed E-state index contributed by atoms with van der Waals surface area (Å²) in [5.74, 6) is 0.666. The summed E-state index contributed by atoms with van der Waals surface area (Å²) in [6.07, 6.45) is 2.26. The van der Waals surface area contributed by atoms with Gasteiger partial charge in [0.15, 0.2) is 0 Å². The number of amides is 1. The first-order valence-corrected chi connectivity index (χ1v) is 6.97. The number of H-pyrrole nitrogens is 1. The summed E-state index contributed by atoms with van der Waals surface area (Å²) in [6.45, 7) is 4.13. The highest BCUT2D eigenvalue weighted by Gasteiger charge is 2.31. The van der Waals surface area contributed by atoms with E-state index in [0.29, 0.717) is 13.0 Å². The Labute approximate surface area is 149 Å². The molecule has 128 valence electrons. The second-order valence-corrected chi connectivity index (χ2v) is 5.75. The predicted octanol–water partition coefficient (Wildman–Crippen LogP) is 2.48. The summed E-state index contributed by atoms with van der Waals surface area (Å²) in [5, 5.41) is 0. The van der Waals surface area contributed by atoms with Crippen LogP contribution in [0.4, 0.5) is 0 Å². The maximum atomic E-state index is 12.5. The van der Waals surface area contributed by atoms with Gasteiger partial charge in [0.05, 0.1) is 12.1 Å². The highest BCUT2D eigenvalue weighted by molar-refractivity contribution is 5.86. The largest absolute Gasteiger partial charge is 0.345 e. The van der Waals surface area contributed by atoms with Crippen LogP contribution in [0.25, 0.3) is 0 Å². The predicted molar refractivity (Wildman–Crippen MR) is 97.0 cm³/mol. The molecular formula is C16H24Cl2N4O. The van der Waals surface area contributed by atoms with Crippen molar-refractivity contribution in [2.24, 2.45) is 5.73 Å². The number of carbonyl (C=O) groups is 1. The lowest BCUT2D eigenvalue weighted by atomic mass is 9.92. The molecule has 1 atom stereocenters. The Balaban J connectivity index is 0.00000242. The summed E-state index contributed by atoms with van der Waals surface area (Å²) < 4.78 is 0. The molecule has 7 heteroatoms. The van der Waals surface area contributed by atoms with Crippen molar-refractivity contribution in [2.75, 3.05) is 7.05 Å². The van der Waals surface area contributed by atoms with E-state index in [-0.39, 0.29) is 30.7 Å². The van der Waals surface area contributed by atoms with Gasteiger partial charge in [0, 0.05) is 18.9 Å². The molecule has 1 heterocycles. The van der Waals surface area contributed by atoms with Crippen molar-refractivity contribution in [3.8, 4) is 0 Å².